The van der Waals surface area contributed by atoms with Crippen molar-refractivity contribution in [3.05, 3.63) is 0 Å². The molecule has 1 fully saturated rings. The van der Waals surface area contributed by atoms with Crippen LogP contribution in [0, 0.1) is 11.3 Å². The summed E-state index contributed by atoms with van der Waals surface area (Å²) in [5, 5.41) is 0. The fourth-order valence-corrected chi connectivity index (χ4v) is 2.74. The first kappa shape index (κ1) is 10.7. The molecule has 0 aromatic rings. The summed E-state index contributed by atoms with van der Waals surface area (Å²) in [6, 6.07) is 0. The average molecular weight is 182 g/mol. The Morgan fingerprint density at radius 2 is 2.15 bits per heavy atom. The molecule has 13 heavy (non-hydrogen) atoms. The van der Waals surface area contributed by atoms with Crippen molar-refractivity contribution in [2.24, 2.45) is 11.3 Å². The highest BCUT2D eigenvalue weighted by Crippen LogP contribution is 2.42. The van der Waals surface area contributed by atoms with Crippen molar-refractivity contribution in [1.82, 2.24) is 0 Å². The molecule has 0 N–H and O–H groups in total. The number of carbonyl (C=O) groups is 1. The fourth-order valence-electron chi connectivity index (χ4n) is 2.74. The molecule has 1 saturated carbocycles. The number of hydrogen-bond donors (Lipinski definition) is 0. The van der Waals surface area contributed by atoms with Crippen molar-refractivity contribution >= 4 is 5.78 Å². The third kappa shape index (κ3) is 2.82. The molecule has 1 heteroatoms. The van der Waals surface area contributed by atoms with Gasteiger partial charge in [0.1, 0.15) is 5.78 Å². The summed E-state index contributed by atoms with van der Waals surface area (Å²) in [5.74, 6) is 1.22. The molecular weight excluding hydrogens is 160 g/mol. The standard InChI is InChI=1S/C12H22O/c1-4-12(8-10(2)3)7-5-6-11(13)9-12/h10H,4-9H2,1-3H3. The van der Waals surface area contributed by atoms with Gasteiger partial charge in [-0.25, -0.2) is 0 Å². The van der Waals surface area contributed by atoms with Crippen LogP contribution in [0.15, 0.2) is 0 Å². The van der Waals surface area contributed by atoms with E-state index in [4.69, 9.17) is 0 Å². The molecule has 0 aliphatic heterocycles. The zero-order valence-electron chi connectivity index (χ0n) is 9.23. The van der Waals surface area contributed by atoms with Crippen LogP contribution in [0.1, 0.15) is 59.3 Å². The molecule has 76 valence electrons. The maximum atomic E-state index is 11.4. The first-order valence-electron chi connectivity index (χ1n) is 5.60. The van der Waals surface area contributed by atoms with E-state index < -0.39 is 0 Å². The summed E-state index contributed by atoms with van der Waals surface area (Å²) in [6.45, 7) is 6.76. The monoisotopic (exact) mass is 182 g/mol. The highest BCUT2D eigenvalue weighted by atomic mass is 16.1. The van der Waals surface area contributed by atoms with Crippen LogP contribution in [-0.2, 0) is 4.79 Å². The van der Waals surface area contributed by atoms with Crippen molar-refractivity contribution in [3.63, 3.8) is 0 Å². The van der Waals surface area contributed by atoms with Crippen molar-refractivity contribution in [3.8, 4) is 0 Å². The van der Waals surface area contributed by atoms with Gasteiger partial charge in [-0.15, -0.1) is 0 Å². The van der Waals surface area contributed by atoms with E-state index in [9.17, 15) is 4.79 Å². The van der Waals surface area contributed by atoms with E-state index in [0.29, 0.717) is 11.2 Å². The number of ketones is 1. The maximum absolute atomic E-state index is 11.4. The molecule has 0 heterocycles. The largest absolute Gasteiger partial charge is 0.300 e. The van der Waals surface area contributed by atoms with Crippen LogP contribution >= 0.6 is 0 Å². The van der Waals surface area contributed by atoms with Gasteiger partial charge in [-0.2, -0.15) is 0 Å². The van der Waals surface area contributed by atoms with Crippen LogP contribution in [-0.4, -0.2) is 5.78 Å². The SMILES string of the molecule is CCC1(CC(C)C)CCCC(=O)C1. The Balaban J connectivity index is 2.61. The van der Waals surface area contributed by atoms with Gasteiger partial charge in [-0.05, 0) is 30.6 Å². The molecule has 0 bridgehead atoms. The molecule has 1 nitrogen and oxygen atoms in total. The molecule has 0 saturated heterocycles. The maximum Gasteiger partial charge on any atom is 0.133 e. The van der Waals surface area contributed by atoms with Crippen LogP contribution in [0.2, 0.25) is 0 Å². The predicted octanol–water partition coefficient (Wildman–Crippen LogP) is 3.57. The third-order valence-electron chi connectivity index (χ3n) is 3.33. The number of rotatable bonds is 3. The van der Waals surface area contributed by atoms with E-state index in [-0.39, 0.29) is 0 Å². The highest BCUT2D eigenvalue weighted by molar-refractivity contribution is 5.79. The van der Waals surface area contributed by atoms with E-state index in [1.54, 1.807) is 0 Å². The molecule has 0 spiro atoms. The minimum atomic E-state index is 0.365. The van der Waals surface area contributed by atoms with Crippen LogP contribution in [0.25, 0.3) is 0 Å². The fraction of sp³-hybridized carbons (Fsp3) is 0.917. The van der Waals surface area contributed by atoms with Gasteiger partial charge in [-0.1, -0.05) is 27.2 Å². The normalized spacial score (nSPS) is 29.7. The average Bonchev–Trinajstić information content (AvgIpc) is 2.03. The zero-order valence-corrected chi connectivity index (χ0v) is 9.23. The molecule has 1 atom stereocenters. The van der Waals surface area contributed by atoms with E-state index in [1.807, 2.05) is 0 Å². The first-order chi connectivity index (χ1) is 6.08. The zero-order chi connectivity index (χ0) is 9.90. The molecule has 0 aromatic heterocycles. The van der Waals surface area contributed by atoms with Crippen molar-refractivity contribution in [2.75, 3.05) is 0 Å². The lowest BCUT2D eigenvalue weighted by Crippen LogP contribution is -2.29. The first-order valence-corrected chi connectivity index (χ1v) is 5.60. The van der Waals surface area contributed by atoms with Crippen LogP contribution < -0.4 is 0 Å². The molecule has 1 aliphatic carbocycles. The summed E-state index contributed by atoms with van der Waals surface area (Å²) in [4.78, 5) is 11.4. The Labute approximate surface area is 81.9 Å². The van der Waals surface area contributed by atoms with Crippen LogP contribution in [0.3, 0.4) is 0 Å². The lowest BCUT2D eigenvalue weighted by molar-refractivity contribution is -0.124. The van der Waals surface area contributed by atoms with Gasteiger partial charge in [0, 0.05) is 12.8 Å². The second-order valence-corrected chi connectivity index (χ2v) is 5.02. The van der Waals surface area contributed by atoms with E-state index in [0.717, 1.165) is 25.2 Å². The minimum Gasteiger partial charge on any atom is -0.300 e. The highest BCUT2D eigenvalue weighted by Gasteiger charge is 2.34. The molecule has 0 aromatic carbocycles. The molecule has 0 amide bonds. The lowest BCUT2D eigenvalue weighted by atomic mass is 9.67. The second kappa shape index (κ2) is 4.26. The Hall–Kier alpha value is -0.330. The Morgan fingerprint density at radius 1 is 1.46 bits per heavy atom. The van der Waals surface area contributed by atoms with Gasteiger partial charge in [0.25, 0.3) is 0 Å². The lowest BCUT2D eigenvalue weighted by Gasteiger charge is -2.37. The summed E-state index contributed by atoms with van der Waals surface area (Å²) >= 11 is 0. The van der Waals surface area contributed by atoms with Gasteiger partial charge in [0.05, 0.1) is 0 Å². The van der Waals surface area contributed by atoms with Crippen molar-refractivity contribution < 1.29 is 4.79 Å². The second-order valence-electron chi connectivity index (χ2n) is 5.02. The summed E-state index contributed by atoms with van der Waals surface area (Å²) < 4.78 is 0. The van der Waals surface area contributed by atoms with Crippen LogP contribution in [0.4, 0.5) is 0 Å². The Bertz CT molecular complexity index is 184. The quantitative estimate of drug-likeness (QED) is 0.652. The topological polar surface area (TPSA) is 17.1 Å². The number of Topliss-reactive ketones (excluding diaryl/α,β-unsaturated/α-hetero) is 1. The van der Waals surface area contributed by atoms with E-state index in [2.05, 4.69) is 20.8 Å². The minimum absolute atomic E-state index is 0.365. The molecule has 1 unspecified atom stereocenters. The number of hydrogen-bond acceptors (Lipinski definition) is 1. The summed E-state index contributed by atoms with van der Waals surface area (Å²) in [6.07, 6.45) is 6.49. The molecule has 0 radical (unpaired) electrons. The van der Waals surface area contributed by atoms with Gasteiger partial charge in [0.15, 0.2) is 0 Å². The van der Waals surface area contributed by atoms with Gasteiger partial charge in [0.2, 0.25) is 0 Å². The van der Waals surface area contributed by atoms with Crippen molar-refractivity contribution in [2.45, 2.75) is 59.3 Å². The molecular formula is C12H22O. The summed E-state index contributed by atoms with van der Waals surface area (Å²) in [7, 11) is 0. The van der Waals surface area contributed by atoms with Gasteiger partial charge >= 0.3 is 0 Å². The molecule has 1 aliphatic rings. The van der Waals surface area contributed by atoms with Crippen molar-refractivity contribution in [1.29, 1.82) is 0 Å². The summed E-state index contributed by atoms with van der Waals surface area (Å²) in [5.41, 5.74) is 0.365. The molecule has 1 rings (SSSR count). The van der Waals surface area contributed by atoms with Crippen LogP contribution in [0.5, 0.6) is 0 Å². The number of carbonyl (C=O) groups excluding carboxylic acids is 1. The predicted molar refractivity (Wildman–Crippen MR) is 55.7 cm³/mol. The van der Waals surface area contributed by atoms with Gasteiger partial charge in [-0.3, -0.25) is 4.79 Å². The Kier molecular flexibility index (Phi) is 3.52. The Morgan fingerprint density at radius 3 is 2.62 bits per heavy atom. The third-order valence-corrected chi connectivity index (χ3v) is 3.33. The smallest absolute Gasteiger partial charge is 0.133 e. The van der Waals surface area contributed by atoms with E-state index >= 15 is 0 Å². The van der Waals surface area contributed by atoms with E-state index in [1.165, 1.54) is 19.3 Å². The van der Waals surface area contributed by atoms with Gasteiger partial charge < -0.3 is 0 Å².